The first-order valence-electron chi connectivity index (χ1n) is 3.92. The molecule has 0 nitrogen and oxygen atoms in total. The molecule has 2 aromatic rings. The first-order chi connectivity index (χ1) is 5.95. The van der Waals surface area contributed by atoms with E-state index >= 15 is 0 Å². The molecule has 1 heterocycles. The van der Waals surface area contributed by atoms with Crippen LogP contribution >= 0.6 is 11.3 Å². The summed E-state index contributed by atoms with van der Waals surface area (Å²) < 4.78 is 0. The minimum atomic E-state index is 0. The summed E-state index contributed by atoms with van der Waals surface area (Å²) >= 11 is 1.74. The Kier molecular flexibility index (Phi) is 4.31. The van der Waals surface area contributed by atoms with E-state index in [0.717, 1.165) is 6.42 Å². The molecule has 1 aromatic carbocycles. The van der Waals surface area contributed by atoms with Crippen molar-refractivity contribution in [2.45, 2.75) is 6.42 Å². The van der Waals surface area contributed by atoms with Gasteiger partial charge in [-0.05, 0) is 28.8 Å². The van der Waals surface area contributed by atoms with Crippen LogP contribution in [0.1, 0.15) is 11.1 Å². The Morgan fingerprint density at radius 1 is 1.23 bits per heavy atom. The molecule has 13 heavy (non-hydrogen) atoms. The Hall–Kier alpha value is -0.483. The third-order valence-electron chi connectivity index (χ3n) is 1.75. The zero-order valence-corrected chi connectivity index (χ0v) is 8.47. The molecule has 60 valence electrons. The molecule has 0 spiro atoms. The quantitative estimate of drug-likeness (QED) is 0.455. The number of rotatable bonds is 2. The Morgan fingerprint density at radius 2 is 2.15 bits per heavy atom. The van der Waals surface area contributed by atoms with Crippen LogP contribution in [-0.4, -0.2) is 0 Å². The Balaban J connectivity index is 0.000000845. The summed E-state index contributed by atoms with van der Waals surface area (Å²) in [6.45, 7) is 0. The van der Waals surface area contributed by atoms with Gasteiger partial charge >= 0.3 is 18.9 Å². The molecule has 0 bridgehead atoms. The van der Waals surface area contributed by atoms with Crippen LogP contribution in [0.4, 0.5) is 0 Å². The summed E-state index contributed by atoms with van der Waals surface area (Å²) in [6, 6.07) is 13.5. The molecule has 0 amide bonds. The predicted molar refractivity (Wildman–Crippen MR) is 52.4 cm³/mol. The van der Waals surface area contributed by atoms with E-state index in [2.05, 4.69) is 35.0 Å². The van der Waals surface area contributed by atoms with Crippen molar-refractivity contribution in [2.24, 2.45) is 0 Å². The van der Waals surface area contributed by atoms with E-state index in [0.29, 0.717) is 0 Å². The maximum absolute atomic E-state index is 3.21. The molecule has 2 rings (SSSR count). The van der Waals surface area contributed by atoms with Gasteiger partial charge in [-0.2, -0.15) is 47.2 Å². The molecule has 0 saturated carbocycles. The second-order valence-corrected chi connectivity index (χ2v) is 3.48. The van der Waals surface area contributed by atoms with Crippen molar-refractivity contribution < 1.29 is 18.9 Å². The fraction of sp³-hybridized carbons (Fsp3) is 0.0909. The first kappa shape index (κ1) is 10.6. The molecule has 0 radical (unpaired) electrons. The van der Waals surface area contributed by atoms with Gasteiger partial charge in [0, 0.05) is 0 Å². The van der Waals surface area contributed by atoms with Gasteiger partial charge in [-0.25, -0.2) is 0 Å². The van der Waals surface area contributed by atoms with E-state index in [1.807, 2.05) is 12.1 Å². The van der Waals surface area contributed by atoms with Gasteiger partial charge in [-0.3, -0.25) is 0 Å². The van der Waals surface area contributed by atoms with E-state index in [9.17, 15) is 0 Å². The Morgan fingerprint density at radius 3 is 2.77 bits per heavy atom. The second kappa shape index (κ2) is 5.29. The Bertz CT molecular complexity index is 326. The van der Waals surface area contributed by atoms with Crippen LogP contribution in [-0.2, 0) is 6.42 Å². The minimum Gasteiger partial charge on any atom is -0.180 e. The van der Waals surface area contributed by atoms with Crippen molar-refractivity contribution in [1.82, 2.24) is 0 Å². The van der Waals surface area contributed by atoms with Gasteiger partial charge in [0.25, 0.3) is 0 Å². The smallest absolute Gasteiger partial charge is 0.180 e. The first-order valence-corrected chi connectivity index (χ1v) is 4.86. The zero-order chi connectivity index (χ0) is 8.23. The molecule has 0 fully saturated rings. The van der Waals surface area contributed by atoms with Crippen molar-refractivity contribution in [2.75, 3.05) is 0 Å². The van der Waals surface area contributed by atoms with Crippen molar-refractivity contribution in [3.63, 3.8) is 0 Å². The Labute approximate surface area is 94.8 Å². The molecule has 0 N–H and O–H groups in total. The molecular weight excluding hydrogens is 171 g/mol. The molecule has 0 aliphatic carbocycles. The van der Waals surface area contributed by atoms with Gasteiger partial charge in [0.1, 0.15) is 0 Å². The third-order valence-corrected chi connectivity index (χ3v) is 2.48. The zero-order valence-electron chi connectivity index (χ0n) is 7.66. The van der Waals surface area contributed by atoms with Crippen LogP contribution in [0, 0.1) is 6.07 Å². The van der Waals surface area contributed by atoms with Gasteiger partial charge in [0.2, 0.25) is 0 Å². The summed E-state index contributed by atoms with van der Waals surface area (Å²) in [5.74, 6) is 0. The molecule has 0 atom stereocenters. The maximum Gasteiger partial charge on any atom is 1.00 e. The number of hydrogen-bond acceptors (Lipinski definition) is 1. The standard InChI is InChI=1S/C11H9S.Li/c1-2-4-10(5-3-1)8-11-6-7-12-9-11;/h1-4,6-7,9H,8H2;/q-1;+1. The van der Waals surface area contributed by atoms with Gasteiger partial charge < -0.3 is 0 Å². The van der Waals surface area contributed by atoms with Gasteiger partial charge in [0.05, 0.1) is 0 Å². The van der Waals surface area contributed by atoms with E-state index in [4.69, 9.17) is 0 Å². The van der Waals surface area contributed by atoms with E-state index in [1.165, 1.54) is 11.1 Å². The summed E-state index contributed by atoms with van der Waals surface area (Å²) in [5.41, 5.74) is 2.64. The van der Waals surface area contributed by atoms with Gasteiger partial charge in [0.15, 0.2) is 0 Å². The molecule has 2 heteroatoms. The van der Waals surface area contributed by atoms with Gasteiger partial charge in [-0.15, -0.1) is 0 Å². The van der Waals surface area contributed by atoms with E-state index < -0.39 is 0 Å². The van der Waals surface area contributed by atoms with Crippen LogP contribution in [0.25, 0.3) is 0 Å². The summed E-state index contributed by atoms with van der Waals surface area (Å²) in [5, 5.41) is 4.29. The predicted octanol–water partition coefficient (Wildman–Crippen LogP) is 0.143. The largest absolute Gasteiger partial charge is 1.00 e. The molecule has 0 aliphatic rings. The van der Waals surface area contributed by atoms with Crippen LogP contribution in [0.5, 0.6) is 0 Å². The van der Waals surface area contributed by atoms with E-state index in [1.54, 1.807) is 11.3 Å². The van der Waals surface area contributed by atoms with Crippen LogP contribution < -0.4 is 18.9 Å². The minimum absolute atomic E-state index is 0. The van der Waals surface area contributed by atoms with Crippen molar-refractivity contribution in [1.29, 1.82) is 0 Å². The van der Waals surface area contributed by atoms with Crippen LogP contribution in [0.2, 0.25) is 0 Å². The monoisotopic (exact) mass is 180 g/mol. The second-order valence-electron chi connectivity index (χ2n) is 2.70. The number of thiophene rings is 1. The fourth-order valence-electron chi connectivity index (χ4n) is 1.15. The van der Waals surface area contributed by atoms with Crippen LogP contribution in [0.3, 0.4) is 0 Å². The fourth-order valence-corrected chi connectivity index (χ4v) is 1.82. The normalized spacial score (nSPS) is 9.23. The number of hydrogen-bond donors (Lipinski definition) is 0. The SMILES string of the molecule is [Li+].[c-]1ccccc1Cc1ccsc1. The summed E-state index contributed by atoms with van der Waals surface area (Å²) in [6.07, 6.45) is 1.00. The average molecular weight is 180 g/mol. The number of benzene rings is 1. The summed E-state index contributed by atoms with van der Waals surface area (Å²) in [4.78, 5) is 0. The topological polar surface area (TPSA) is 0 Å². The molecule has 0 unspecified atom stereocenters. The van der Waals surface area contributed by atoms with Crippen molar-refractivity contribution in [3.8, 4) is 0 Å². The molecular formula is C11H9LiS. The van der Waals surface area contributed by atoms with Crippen molar-refractivity contribution >= 4 is 11.3 Å². The van der Waals surface area contributed by atoms with Crippen LogP contribution in [0.15, 0.2) is 41.1 Å². The third kappa shape index (κ3) is 3.04. The maximum atomic E-state index is 3.21. The van der Waals surface area contributed by atoms with E-state index in [-0.39, 0.29) is 18.9 Å². The molecule has 1 aromatic heterocycles. The average Bonchev–Trinajstić information content (AvgIpc) is 2.59. The van der Waals surface area contributed by atoms with Crippen molar-refractivity contribution in [3.05, 3.63) is 58.3 Å². The van der Waals surface area contributed by atoms with Gasteiger partial charge in [-0.1, -0.05) is 0 Å². The molecule has 0 aliphatic heterocycles. The summed E-state index contributed by atoms with van der Waals surface area (Å²) in [7, 11) is 0. The molecule has 0 saturated heterocycles.